The summed E-state index contributed by atoms with van der Waals surface area (Å²) in [5.41, 5.74) is 6.11. The minimum absolute atomic E-state index is 0.00353. The van der Waals surface area contributed by atoms with Crippen molar-refractivity contribution in [2.45, 2.75) is 70.3 Å². The van der Waals surface area contributed by atoms with Gasteiger partial charge in [0.05, 0.1) is 6.10 Å². The van der Waals surface area contributed by atoms with E-state index in [9.17, 15) is 39.3 Å². The third kappa shape index (κ3) is 9.88. The molecule has 3 amide bonds. The van der Waals surface area contributed by atoms with Crippen molar-refractivity contribution in [3.63, 3.8) is 0 Å². The molecule has 0 fully saturated rings. The van der Waals surface area contributed by atoms with Crippen LogP contribution in [0.1, 0.15) is 39.2 Å². The summed E-state index contributed by atoms with van der Waals surface area (Å²) in [4.78, 5) is 60.8. The molecule has 9 N–H and O–H groups in total. The summed E-state index contributed by atoms with van der Waals surface area (Å²) >= 11 is 0. The zero-order valence-electron chi connectivity index (χ0n) is 20.3. The maximum Gasteiger partial charge on any atom is 0.326 e. The van der Waals surface area contributed by atoms with Gasteiger partial charge in [-0.05, 0) is 37.0 Å². The first-order chi connectivity index (χ1) is 16.7. The van der Waals surface area contributed by atoms with Crippen molar-refractivity contribution in [1.82, 2.24) is 16.0 Å². The molecule has 1 aromatic rings. The van der Waals surface area contributed by atoms with Crippen LogP contribution in [0.25, 0.3) is 0 Å². The molecule has 5 atom stereocenters. The number of phenolic OH excluding ortho intramolecular Hbond substituents is 1. The average Bonchev–Trinajstić information content (AvgIpc) is 2.79. The van der Waals surface area contributed by atoms with Gasteiger partial charge in [0.25, 0.3) is 0 Å². The Labute approximate surface area is 208 Å². The normalized spacial score (nSPS) is 15.2. The minimum Gasteiger partial charge on any atom is -0.508 e. The van der Waals surface area contributed by atoms with Gasteiger partial charge >= 0.3 is 11.9 Å². The summed E-state index contributed by atoms with van der Waals surface area (Å²) in [5, 5.41) is 44.5. The predicted molar refractivity (Wildman–Crippen MR) is 127 cm³/mol. The predicted octanol–water partition coefficient (Wildman–Crippen LogP) is -1.30. The fourth-order valence-electron chi connectivity index (χ4n) is 3.14. The van der Waals surface area contributed by atoms with Crippen LogP contribution in [0.3, 0.4) is 0 Å². The molecular formula is C23H34N4O9. The Balaban J connectivity index is 3.00. The quantitative estimate of drug-likeness (QED) is 0.147. The van der Waals surface area contributed by atoms with E-state index in [1.165, 1.54) is 31.2 Å². The number of carbonyl (C=O) groups is 5. The lowest BCUT2D eigenvalue weighted by Crippen LogP contribution is -2.59. The Morgan fingerprint density at radius 1 is 0.861 bits per heavy atom. The maximum atomic E-state index is 12.9. The zero-order chi connectivity index (χ0) is 27.6. The van der Waals surface area contributed by atoms with Gasteiger partial charge in [-0.25, -0.2) is 4.79 Å². The van der Waals surface area contributed by atoms with E-state index in [1.807, 2.05) is 0 Å². The van der Waals surface area contributed by atoms with E-state index in [0.717, 1.165) is 0 Å². The highest BCUT2D eigenvalue weighted by Crippen LogP contribution is 2.12. The van der Waals surface area contributed by atoms with Crippen molar-refractivity contribution in [1.29, 1.82) is 0 Å². The molecule has 13 heteroatoms. The summed E-state index contributed by atoms with van der Waals surface area (Å²) in [7, 11) is 0. The van der Waals surface area contributed by atoms with Crippen molar-refractivity contribution in [2.75, 3.05) is 0 Å². The van der Waals surface area contributed by atoms with E-state index >= 15 is 0 Å². The zero-order valence-corrected chi connectivity index (χ0v) is 20.3. The van der Waals surface area contributed by atoms with Crippen LogP contribution < -0.4 is 21.7 Å². The highest BCUT2D eigenvalue weighted by atomic mass is 16.4. The number of hydrogen-bond acceptors (Lipinski definition) is 8. The molecule has 36 heavy (non-hydrogen) atoms. The van der Waals surface area contributed by atoms with Gasteiger partial charge in [0.1, 0.15) is 29.9 Å². The summed E-state index contributed by atoms with van der Waals surface area (Å²) in [6.07, 6.45) is -2.11. The van der Waals surface area contributed by atoms with Crippen molar-refractivity contribution in [3.8, 4) is 5.75 Å². The van der Waals surface area contributed by atoms with E-state index in [4.69, 9.17) is 10.8 Å². The first-order valence-electron chi connectivity index (χ1n) is 11.3. The van der Waals surface area contributed by atoms with Gasteiger partial charge in [0.15, 0.2) is 0 Å². The Morgan fingerprint density at radius 3 is 1.89 bits per heavy atom. The summed E-state index contributed by atoms with van der Waals surface area (Å²) in [6.45, 7) is 4.48. The number of rotatable bonds is 14. The number of nitrogens with one attached hydrogen (secondary N) is 3. The number of aliphatic hydroxyl groups is 1. The Morgan fingerprint density at radius 2 is 1.42 bits per heavy atom. The lowest BCUT2D eigenvalue weighted by molar-refractivity contribution is -0.142. The van der Waals surface area contributed by atoms with Gasteiger partial charge in [-0.3, -0.25) is 19.2 Å². The molecule has 0 saturated carbocycles. The number of benzene rings is 1. The monoisotopic (exact) mass is 510 g/mol. The molecule has 0 aliphatic heterocycles. The third-order valence-electron chi connectivity index (χ3n) is 5.34. The van der Waals surface area contributed by atoms with E-state index < -0.39 is 72.3 Å². The number of aliphatic carboxylic acids is 2. The number of hydrogen-bond donors (Lipinski definition) is 8. The molecule has 0 aromatic heterocycles. The number of carboxylic acid groups (broad SMARTS) is 2. The van der Waals surface area contributed by atoms with Gasteiger partial charge < -0.3 is 42.1 Å². The van der Waals surface area contributed by atoms with Gasteiger partial charge in [0.2, 0.25) is 17.7 Å². The molecule has 0 radical (unpaired) electrons. The molecule has 1 aromatic carbocycles. The molecule has 0 bridgehead atoms. The van der Waals surface area contributed by atoms with Crippen molar-refractivity contribution in [3.05, 3.63) is 29.8 Å². The Kier molecular flexibility index (Phi) is 11.8. The average molecular weight is 511 g/mol. The number of phenols is 1. The lowest BCUT2D eigenvalue weighted by Gasteiger charge is -2.27. The number of aromatic hydroxyl groups is 1. The van der Waals surface area contributed by atoms with Crippen LogP contribution in [-0.4, -0.2) is 80.4 Å². The second-order valence-corrected chi connectivity index (χ2v) is 8.76. The minimum atomic E-state index is -1.38. The molecule has 5 unspecified atom stereocenters. The van der Waals surface area contributed by atoms with Gasteiger partial charge in [-0.2, -0.15) is 0 Å². The smallest absolute Gasteiger partial charge is 0.326 e. The summed E-state index contributed by atoms with van der Waals surface area (Å²) in [6, 6.07) is 0.468. The fourth-order valence-corrected chi connectivity index (χ4v) is 3.14. The Hall–Kier alpha value is -3.71. The topological polar surface area (TPSA) is 228 Å². The molecule has 0 saturated heterocycles. The van der Waals surface area contributed by atoms with E-state index in [0.29, 0.717) is 5.56 Å². The molecule has 200 valence electrons. The van der Waals surface area contributed by atoms with Crippen LogP contribution in [0.5, 0.6) is 5.75 Å². The van der Waals surface area contributed by atoms with Crippen LogP contribution in [-0.2, 0) is 30.4 Å². The lowest BCUT2D eigenvalue weighted by atomic mass is 10.00. The van der Waals surface area contributed by atoms with Crippen LogP contribution in [0.4, 0.5) is 0 Å². The fraction of sp³-hybridized carbons (Fsp3) is 0.522. The van der Waals surface area contributed by atoms with Crippen LogP contribution in [0.2, 0.25) is 0 Å². The van der Waals surface area contributed by atoms with Gasteiger partial charge in [-0.1, -0.05) is 26.0 Å². The second kappa shape index (κ2) is 14.0. The number of nitrogens with two attached hydrogens (primary N) is 1. The van der Waals surface area contributed by atoms with Gasteiger partial charge in [0, 0.05) is 12.8 Å². The number of amides is 3. The van der Waals surface area contributed by atoms with Crippen LogP contribution in [0.15, 0.2) is 24.3 Å². The largest absolute Gasteiger partial charge is 0.508 e. The molecule has 0 aliphatic carbocycles. The molecule has 0 heterocycles. The van der Waals surface area contributed by atoms with Gasteiger partial charge in [-0.15, -0.1) is 0 Å². The first kappa shape index (κ1) is 30.3. The van der Waals surface area contributed by atoms with Crippen molar-refractivity contribution < 1.29 is 44.4 Å². The van der Waals surface area contributed by atoms with E-state index in [1.54, 1.807) is 13.8 Å². The molecule has 13 nitrogen and oxygen atoms in total. The van der Waals surface area contributed by atoms with Crippen LogP contribution >= 0.6 is 0 Å². The SMILES string of the molecule is CC(C)C(NC(=O)C(CCC(=O)O)NC(=O)C(N)C(C)O)C(=O)NC(Cc1ccc(O)cc1)C(=O)O. The third-order valence-corrected chi connectivity index (χ3v) is 5.34. The van der Waals surface area contributed by atoms with Crippen molar-refractivity contribution >= 4 is 29.7 Å². The first-order valence-corrected chi connectivity index (χ1v) is 11.3. The van der Waals surface area contributed by atoms with Crippen molar-refractivity contribution in [2.24, 2.45) is 11.7 Å². The maximum absolute atomic E-state index is 12.9. The Bertz CT molecular complexity index is 934. The highest BCUT2D eigenvalue weighted by Gasteiger charge is 2.32. The molecule has 0 spiro atoms. The standard InChI is InChI=1S/C23H34N4O9/c1-11(2)19(22(34)26-16(23(35)36)10-13-4-6-14(29)7-5-13)27-20(32)15(8-9-17(30)31)25-21(33)18(24)12(3)28/h4-7,11-12,15-16,18-19,28-29H,8-10,24H2,1-3H3,(H,25,33)(H,26,34)(H,27,32)(H,30,31)(H,35,36). The number of carbonyl (C=O) groups excluding carboxylic acids is 3. The molecule has 0 aliphatic rings. The summed E-state index contributed by atoms with van der Waals surface area (Å²) in [5.74, 6) is -5.61. The molecule has 1 rings (SSSR count). The number of aliphatic hydroxyl groups excluding tert-OH is 1. The highest BCUT2D eigenvalue weighted by molar-refractivity contribution is 5.94. The second-order valence-electron chi connectivity index (χ2n) is 8.76. The number of carboxylic acids is 2. The molecular weight excluding hydrogens is 476 g/mol. The van der Waals surface area contributed by atoms with Crippen LogP contribution in [0, 0.1) is 5.92 Å². The summed E-state index contributed by atoms with van der Waals surface area (Å²) < 4.78 is 0. The van der Waals surface area contributed by atoms with E-state index in [-0.39, 0.29) is 18.6 Å². The van der Waals surface area contributed by atoms with E-state index in [2.05, 4.69) is 16.0 Å².